The SMILES string of the molecule is CS(=O)(=O)Nc1cc(F)cc(C2N=C(C3CC3)NC2c2ccncn2)c1Cl. The lowest BCUT2D eigenvalue weighted by Gasteiger charge is -2.21. The van der Waals surface area contributed by atoms with Gasteiger partial charge in [0.15, 0.2) is 0 Å². The number of anilines is 1. The van der Waals surface area contributed by atoms with Crippen molar-refractivity contribution in [1.82, 2.24) is 15.3 Å². The molecule has 1 aliphatic heterocycles. The van der Waals surface area contributed by atoms with Gasteiger partial charge in [0, 0.05) is 17.7 Å². The Balaban J connectivity index is 1.79. The predicted octanol–water partition coefficient (Wildman–Crippen LogP) is 2.83. The summed E-state index contributed by atoms with van der Waals surface area (Å²) in [4.78, 5) is 13.0. The first kappa shape index (κ1) is 18.1. The quantitative estimate of drug-likeness (QED) is 0.791. The van der Waals surface area contributed by atoms with Crippen LogP contribution in [0.1, 0.15) is 36.2 Å². The lowest BCUT2D eigenvalue weighted by molar-refractivity contribution is 0.549. The summed E-state index contributed by atoms with van der Waals surface area (Å²) in [5.74, 6) is 0.610. The third-order valence-electron chi connectivity index (χ3n) is 4.46. The maximum Gasteiger partial charge on any atom is 0.229 e. The Morgan fingerprint density at radius 2 is 2.11 bits per heavy atom. The van der Waals surface area contributed by atoms with E-state index in [9.17, 15) is 12.8 Å². The number of nitrogens with one attached hydrogen (secondary N) is 2. The summed E-state index contributed by atoms with van der Waals surface area (Å²) < 4.78 is 39.7. The monoisotopic (exact) mass is 409 g/mol. The van der Waals surface area contributed by atoms with Gasteiger partial charge in [0.25, 0.3) is 0 Å². The lowest BCUT2D eigenvalue weighted by atomic mass is 9.97. The van der Waals surface area contributed by atoms with Crippen molar-refractivity contribution in [3.8, 4) is 0 Å². The molecule has 0 spiro atoms. The molecule has 1 saturated carbocycles. The van der Waals surface area contributed by atoms with Crippen molar-refractivity contribution in [2.75, 3.05) is 11.0 Å². The number of rotatable bonds is 5. The van der Waals surface area contributed by atoms with Gasteiger partial charge in [-0.1, -0.05) is 11.6 Å². The van der Waals surface area contributed by atoms with Crippen molar-refractivity contribution in [2.24, 2.45) is 10.9 Å². The Hall–Kier alpha value is -2.26. The van der Waals surface area contributed by atoms with Gasteiger partial charge in [0.05, 0.1) is 28.7 Å². The highest BCUT2D eigenvalue weighted by atomic mass is 35.5. The molecule has 27 heavy (non-hydrogen) atoms. The fourth-order valence-corrected chi connectivity index (χ4v) is 4.03. The van der Waals surface area contributed by atoms with E-state index >= 15 is 0 Å². The van der Waals surface area contributed by atoms with Crippen LogP contribution in [0.5, 0.6) is 0 Å². The summed E-state index contributed by atoms with van der Waals surface area (Å²) >= 11 is 6.44. The van der Waals surface area contributed by atoms with E-state index in [0.717, 1.165) is 31.0 Å². The summed E-state index contributed by atoms with van der Waals surface area (Å²) in [6.45, 7) is 0. The molecule has 7 nitrogen and oxygen atoms in total. The largest absolute Gasteiger partial charge is 0.363 e. The molecule has 4 rings (SSSR count). The number of halogens is 2. The highest BCUT2D eigenvalue weighted by Gasteiger charge is 2.39. The summed E-state index contributed by atoms with van der Waals surface area (Å²) in [6, 6.07) is 3.24. The topological polar surface area (TPSA) is 96.3 Å². The molecule has 0 bridgehead atoms. The number of hydrogen-bond donors (Lipinski definition) is 2. The van der Waals surface area contributed by atoms with Crippen LogP contribution < -0.4 is 10.0 Å². The molecule has 2 unspecified atom stereocenters. The zero-order valence-electron chi connectivity index (χ0n) is 14.4. The number of aliphatic imine (C=N–C) groups is 1. The van der Waals surface area contributed by atoms with Gasteiger partial charge in [-0.3, -0.25) is 9.71 Å². The van der Waals surface area contributed by atoms with Gasteiger partial charge in [-0.15, -0.1) is 0 Å². The highest BCUT2D eigenvalue weighted by molar-refractivity contribution is 7.92. The van der Waals surface area contributed by atoms with Crippen molar-refractivity contribution in [3.05, 3.63) is 52.8 Å². The number of aromatic nitrogens is 2. The Morgan fingerprint density at radius 1 is 1.33 bits per heavy atom. The molecular weight excluding hydrogens is 393 g/mol. The number of hydrogen-bond acceptors (Lipinski definition) is 6. The van der Waals surface area contributed by atoms with Gasteiger partial charge in [0.1, 0.15) is 24.0 Å². The lowest BCUT2D eigenvalue weighted by Crippen LogP contribution is -2.26. The van der Waals surface area contributed by atoms with Gasteiger partial charge in [-0.25, -0.2) is 22.8 Å². The number of benzene rings is 1. The van der Waals surface area contributed by atoms with Crippen LogP contribution in [-0.4, -0.2) is 30.5 Å². The van der Waals surface area contributed by atoms with E-state index in [4.69, 9.17) is 16.6 Å². The highest BCUT2D eigenvalue weighted by Crippen LogP contribution is 2.44. The first-order valence-corrected chi connectivity index (χ1v) is 10.7. The van der Waals surface area contributed by atoms with E-state index in [0.29, 0.717) is 17.2 Å². The Kier molecular flexibility index (Phi) is 4.51. The van der Waals surface area contributed by atoms with Crippen LogP contribution in [0.25, 0.3) is 0 Å². The van der Waals surface area contributed by atoms with Crippen molar-refractivity contribution in [3.63, 3.8) is 0 Å². The van der Waals surface area contributed by atoms with E-state index in [1.807, 2.05) is 0 Å². The first-order valence-electron chi connectivity index (χ1n) is 8.38. The first-order chi connectivity index (χ1) is 12.8. The average Bonchev–Trinajstić information content (AvgIpc) is 3.36. The number of nitrogens with zero attached hydrogens (tertiary/aromatic N) is 3. The molecule has 0 radical (unpaired) electrons. The number of amidine groups is 1. The van der Waals surface area contributed by atoms with E-state index in [-0.39, 0.29) is 16.8 Å². The Labute approximate surface area is 161 Å². The molecule has 1 aromatic carbocycles. The van der Waals surface area contributed by atoms with Crippen molar-refractivity contribution in [2.45, 2.75) is 24.9 Å². The van der Waals surface area contributed by atoms with Crippen LogP contribution in [0.3, 0.4) is 0 Å². The second-order valence-corrected chi connectivity index (χ2v) is 8.85. The summed E-state index contributed by atoms with van der Waals surface area (Å²) in [5, 5.41) is 3.49. The second-order valence-electron chi connectivity index (χ2n) is 6.72. The van der Waals surface area contributed by atoms with E-state index < -0.39 is 21.9 Å². The molecule has 142 valence electrons. The summed E-state index contributed by atoms with van der Waals surface area (Å²) in [7, 11) is -3.61. The second kappa shape index (κ2) is 6.72. The standard InChI is InChI=1S/C17H17ClFN5O2S/c1-27(25,26)24-13-7-10(19)6-11(14(13)18)15-16(12-4-5-20-8-21-12)23-17(22-15)9-2-3-9/h4-9,15-16,24H,2-3H2,1H3,(H,22,23). The van der Waals surface area contributed by atoms with Crippen LogP contribution in [-0.2, 0) is 10.0 Å². The van der Waals surface area contributed by atoms with Crippen LogP contribution in [0, 0.1) is 11.7 Å². The maximum atomic E-state index is 14.2. The van der Waals surface area contributed by atoms with Gasteiger partial charge < -0.3 is 5.32 Å². The molecule has 0 amide bonds. The minimum Gasteiger partial charge on any atom is -0.363 e. The third kappa shape index (κ3) is 3.89. The fourth-order valence-electron chi connectivity index (χ4n) is 3.15. The molecule has 2 aliphatic rings. The summed E-state index contributed by atoms with van der Waals surface area (Å²) in [5.41, 5.74) is 1.09. The van der Waals surface area contributed by atoms with Crippen LogP contribution in [0.15, 0.2) is 35.7 Å². The molecule has 2 heterocycles. The van der Waals surface area contributed by atoms with Gasteiger partial charge in [0.2, 0.25) is 10.0 Å². The van der Waals surface area contributed by atoms with Crippen LogP contribution in [0.2, 0.25) is 5.02 Å². The molecule has 10 heteroatoms. The molecule has 0 saturated heterocycles. The van der Waals surface area contributed by atoms with Crippen molar-refractivity contribution >= 4 is 33.1 Å². The van der Waals surface area contributed by atoms with Crippen molar-refractivity contribution < 1.29 is 12.8 Å². The predicted molar refractivity (Wildman–Crippen MR) is 101 cm³/mol. The molecule has 2 aromatic rings. The Morgan fingerprint density at radius 3 is 2.74 bits per heavy atom. The summed E-state index contributed by atoms with van der Waals surface area (Å²) in [6.07, 6.45) is 6.14. The average molecular weight is 410 g/mol. The zero-order chi connectivity index (χ0) is 19.2. The van der Waals surface area contributed by atoms with Crippen LogP contribution >= 0.6 is 11.6 Å². The molecule has 1 aliphatic carbocycles. The smallest absolute Gasteiger partial charge is 0.229 e. The molecule has 2 atom stereocenters. The molecular formula is C17H17ClFN5O2S. The Bertz CT molecular complexity index is 1010. The van der Waals surface area contributed by atoms with E-state index in [1.165, 1.54) is 12.4 Å². The number of sulfonamides is 1. The maximum absolute atomic E-state index is 14.2. The van der Waals surface area contributed by atoms with Gasteiger partial charge in [-0.05, 0) is 31.0 Å². The van der Waals surface area contributed by atoms with E-state index in [1.54, 1.807) is 12.3 Å². The molecule has 1 fully saturated rings. The van der Waals surface area contributed by atoms with Gasteiger partial charge >= 0.3 is 0 Å². The van der Waals surface area contributed by atoms with Gasteiger partial charge in [-0.2, -0.15) is 0 Å². The fraction of sp³-hybridized carbons (Fsp3) is 0.353. The minimum absolute atomic E-state index is 0.00863. The van der Waals surface area contributed by atoms with E-state index in [2.05, 4.69) is 20.0 Å². The van der Waals surface area contributed by atoms with Crippen LogP contribution in [0.4, 0.5) is 10.1 Å². The molecule has 1 aromatic heterocycles. The molecule has 2 N–H and O–H groups in total. The third-order valence-corrected chi connectivity index (χ3v) is 5.48. The zero-order valence-corrected chi connectivity index (χ0v) is 15.9. The van der Waals surface area contributed by atoms with Crippen molar-refractivity contribution in [1.29, 1.82) is 0 Å². The minimum atomic E-state index is -3.61. The normalized spacial score (nSPS) is 22.3.